The summed E-state index contributed by atoms with van der Waals surface area (Å²) < 4.78 is 6.38. The van der Waals surface area contributed by atoms with E-state index in [1.54, 1.807) is 7.11 Å². The molecular formula is C13H19Br2NO. The van der Waals surface area contributed by atoms with Gasteiger partial charge in [-0.3, -0.25) is 4.90 Å². The quantitative estimate of drug-likeness (QED) is 0.730. The standard InChI is InChI=1S/C13H19Br2NO/c1-13(2,9-14)16(3)8-10-7-11(17-4)5-6-12(10)15/h5-7H,8-9H2,1-4H3. The number of hydrogen-bond acceptors (Lipinski definition) is 2. The fraction of sp³-hybridized carbons (Fsp3) is 0.538. The Morgan fingerprint density at radius 2 is 2.00 bits per heavy atom. The van der Waals surface area contributed by atoms with E-state index in [1.165, 1.54) is 5.56 Å². The summed E-state index contributed by atoms with van der Waals surface area (Å²) in [5.41, 5.74) is 1.36. The third kappa shape index (κ3) is 3.97. The summed E-state index contributed by atoms with van der Waals surface area (Å²) in [5, 5.41) is 0.943. The Labute approximate surface area is 121 Å². The first-order valence-corrected chi connectivity index (χ1v) is 7.42. The molecule has 0 spiro atoms. The maximum Gasteiger partial charge on any atom is 0.119 e. The SMILES string of the molecule is COc1ccc(Br)c(CN(C)C(C)(C)CBr)c1. The van der Waals surface area contributed by atoms with Gasteiger partial charge in [0.25, 0.3) is 0 Å². The summed E-state index contributed by atoms with van der Waals surface area (Å²) in [7, 11) is 3.83. The molecule has 0 heterocycles. The Hall–Kier alpha value is -0.0600. The summed E-state index contributed by atoms with van der Waals surface area (Å²) in [6.45, 7) is 5.32. The molecule has 0 bridgehead atoms. The van der Waals surface area contributed by atoms with Crippen molar-refractivity contribution in [1.29, 1.82) is 0 Å². The lowest BCUT2D eigenvalue weighted by molar-refractivity contribution is 0.173. The van der Waals surface area contributed by atoms with Crippen molar-refractivity contribution in [2.24, 2.45) is 0 Å². The van der Waals surface area contributed by atoms with E-state index in [9.17, 15) is 0 Å². The molecule has 1 rings (SSSR count). The fourth-order valence-corrected chi connectivity index (χ4v) is 2.17. The summed E-state index contributed by atoms with van der Waals surface area (Å²) in [6.07, 6.45) is 0. The molecule has 0 aliphatic carbocycles. The molecule has 0 N–H and O–H groups in total. The lowest BCUT2D eigenvalue weighted by atomic mass is 10.1. The second-order valence-corrected chi connectivity index (χ2v) is 6.17. The highest BCUT2D eigenvalue weighted by Crippen LogP contribution is 2.26. The van der Waals surface area contributed by atoms with Crippen molar-refractivity contribution in [2.75, 3.05) is 19.5 Å². The zero-order valence-corrected chi connectivity index (χ0v) is 13.9. The minimum absolute atomic E-state index is 0.127. The maximum absolute atomic E-state index is 5.25. The lowest BCUT2D eigenvalue weighted by Gasteiger charge is -2.34. The summed E-state index contributed by atoms with van der Waals surface area (Å²) in [6, 6.07) is 6.07. The number of ether oxygens (including phenoxy) is 1. The van der Waals surface area contributed by atoms with Gasteiger partial charge >= 0.3 is 0 Å². The van der Waals surface area contributed by atoms with Crippen LogP contribution in [0.4, 0.5) is 0 Å². The highest BCUT2D eigenvalue weighted by Gasteiger charge is 2.22. The molecular weight excluding hydrogens is 346 g/mol. The van der Waals surface area contributed by atoms with Gasteiger partial charge in [0.05, 0.1) is 7.11 Å². The molecule has 0 saturated heterocycles. The molecule has 0 saturated carbocycles. The number of hydrogen-bond donors (Lipinski definition) is 0. The maximum atomic E-state index is 5.25. The largest absolute Gasteiger partial charge is 0.497 e. The highest BCUT2D eigenvalue weighted by atomic mass is 79.9. The normalized spacial score (nSPS) is 11.9. The molecule has 0 atom stereocenters. The number of methoxy groups -OCH3 is 1. The third-order valence-corrected chi connectivity index (χ3v) is 5.17. The van der Waals surface area contributed by atoms with Crippen molar-refractivity contribution in [2.45, 2.75) is 25.9 Å². The minimum Gasteiger partial charge on any atom is -0.497 e. The van der Waals surface area contributed by atoms with Crippen LogP contribution < -0.4 is 4.74 Å². The zero-order chi connectivity index (χ0) is 13.1. The van der Waals surface area contributed by atoms with Gasteiger partial charge in [0.15, 0.2) is 0 Å². The average Bonchev–Trinajstić information content (AvgIpc) is 2.31. The molecule has 96 valence electrons. The molecule has 1 aromatic carbocycles. The molecule has 0 aliphatic heterocycles. The van der Waals surface area contributed by atoms with Gasteiger partial charge in [-0.25, -0.2) is 0 Å². The number of benzene rings is 1. The molecule has 0 radical (unpaired) electrons. The molecule has 0 aliphatic rings. The fourth-order valence-electron chi connectivity index (χ4n) is 1.37. The summed E-state index contributed by atoms with van der Waals surface area (Å²) >= 11 is 7.14. The van der Waals surface area contributed by atoms with Crippen LogP contribution >= 0.6 is 31.9 Å². The van der Waals surface area contributed by atoms with Gasteiger partial charge in [-0.1, -0.05) is 31.9 Å². The van der Waals surface area contributed by atoms with Gasteiger partial charge < -0.3 is 4.74 Å². The van der Waals surface area contributed by atoms with Crippen LogP contribution in [0.3, 0.4) is 0 Å². The van der Waals surface area contributed by atoms with Crippen LogP contribution in [0, 0.1) is 0 Å². The van der Waals surface area contributed by atoms with Crippen molar-refractivity contribution in [3.63, 3.8) is 0 Å². The van der Waals surface area contributed by atoms with Gasteiger partial charge in [-0.05, 0) is 44.7 Å². The third-order valence-electron chi connectivity index (χ3n) is 3.02. The van der Waals surface area contributed by atoms with E-state index in [0.29, 0.717) is 0 Å². The predicted molar refractivity (Wildman–Crippen MR) is 80.0 cm³/mol. The van der Waals surface area contributed by atoms with Crippen molar-refractivity contribution in [1.82, 2.24) is 4.90 Å². The van der Waals surface area contributed by atoms with E-state index >= 15 is 0 Å². The zero-order valence-electron chi connectivity index (χ0n) is 10.8. The Kier molecular flexibility index (Phi) is 5.48. The van der Waals surface area contributed by atoms with Crippen LogP contribution in [0.2, 0.25) is 0 Å². The van der Waals surface area contributed by atoms with E-state index in [-0.39, 0.29) is 5.54 Å². The molecule has 0 unspecified atom stereocenters. The Bertz CT molecular complexity index is 380. The van der Waals surface area contributed by atoms with E-state index in [0.717, 1.165) is 22.1 Å². The lowest BCUT2D eigenvalue weighted by Crippen LogP contribution is -2.42. The molecule has 0 amide bonds. The first-order chi connectivity index (χ1) is 7.90. The van der Waals surface area contributed by atoms with Crippen molar-refractivity contribution < 1.29 is 4.74 Å². The van der Waals surface area contributed by atoms with E-state index in [2.05, 4.69) is 63.7 Å². The Balaban J connectivity index is 2.87. The molecule has 4 heteroatoms. The van der Waals surface area contributed by atoms with Gasteiger partial charge in [0.2, 0.25) is 0 Å². The molecule has 0 aromatic heterocycles. The van der Waals surface area contributed by atoms with Crippen LogP contribution in [-0.2, 0) is 6.54 Å². The van der Waals surface area contributed by atoms with E-state index < -0.39 is 0 Å². The predicted octanol–water partition coefficient (Wildman–Crippen LogP) is 4.06. The first-order valence-electron chi connectivity index (χ1n) is 5.50. The van der Waals surface area contributed by atoms with Crippen molar-refractivity contribution >= 4 is 31.9 Å². The minimum atomic E-state index is 0.127. The van der Waals surface area contributed by atoms with Gasteiger partial charge in [-0.15, -0.1) is 0 Å². The highest BCUT2D eigenvalue weighted by molar-refractivity contribution is 9.10. The number of alkyl halides is 1. The summed E-state index contributed by atoms with van der Waals surface area (Å²) in [4.78, 5) is 2.32. The topological polar surface area (TPSA) is 12.5 Å². The number of nitrogens with zero attached hydrogens (tertiary/aromatic N) is 1. The molecule has 2 nitrogen and oxygen atoms in total. The van der Waals surface area contributed by atoms with Crippen LogP contribution in [0.25, 0.3) is 0 Å². The van der Waals surface area contributed by atoms with E-state index in [4.69, 9.17) is 4.74 Å². The van der Waals surface area contributed by atoms with Crippen LogP contribution in [0.15, 0.2) is 22.7 Å². The van der Waals surface area contributed by atoms with Crippen molar-refractivity contribution in [3.05, 3.63) is 28.2 Å². The smallest absolute Gasteiger partial charge is 0.119 e. The molecule has 17 heavy (non-hydrogen) atoms. The van der Waals surface area contributed by atoms with E-state index in [1.807, 2.05) is 12.1 Å². The van der Waals surface area contributed by atoms with Crippen molar-refractivity contribution in [3.8, 4) is 5.75 Å². The van der Waals surface area contributed by atoms with Gasteiger partial charge in [0.1, 0.15) is 5.75 Å². The first kappa shape index (κ1) is 15.0. The van der Waals surface area contributed by atoms with Crippen LogP contribution in [-0.4, -0.2) is 29.9 Å². The molecule has 0 fully saturated rings. The monoisotopic (exact) mass is 363 g/mol. The number of rotatable bonds is 5. The Morgan fingerprint density at radius 3 is 2.53 bits per heavy atom. The number of halogens is 2. The van der Waals surface area contributed by atoms with Gasteiger partial charge in [0, 0.05) is 21.9 Å². The van der Waals surface area contributed by atoms with Crippen LogP contribution in [0.1, 0.15) is 19.4 Å². The second kappa shape index (κ2) is 6.21. The average molecular weight is 365 g/mol. The van der Waals surface area contributed by atoms with Gasteiger partial charge in [-0.2, -0.15) is 0 Å². The second-order valence-electron chi connectivity index (χ2n) is 4.76. The Morgan fingerprint density at radius 1 is 1.35 bits per heavy atom. The van der Waals surface area contributed by atoms with Crippen LogP contribution in [0.5, 0.6) is 5.75 Å². The summed E-state index contributed by atoms with van der Waals surface area (Å²) in [5.74, 6) is 0.897. The molecule has 1 aromatic rings.